The number of aromatic amines is 1. The van der Waals surface area contributed by atoms with Crippen LogP contribution >= 0.6 is 11.6 Å². The molecule has 1 aliphatic carbocycles. The quantitative estimate of drug-likeness (QED) is 0.492. The molecule has 4 aromatic rings. The third-order valence-corrected chi connectivity index (χ3v) is 5.25. The van der Waals surface area contributed by atoms with E-state index in [9.17, 15) is 4.79 Å². The Morgan fingerprint density at radius 3 is 2.80 bits per heavy atom. The highest BCUT2D eigenvalue weighted by Gasteiger charge is 2.30. The molecule has 150 valence electrons. The molecule has 0 aliphatic heterocycles. The number of hydrogen-bond acceptors (Lipinski definition) is 6. The van der Waals surface area contributed by atoms with Gasteiger partial charge < -0.3 is 9.73 Å². The second-order valence-electron chi connectivity index (χ2n) is 7.16. The minimum absolute atomic E-state index is 0.0104. The molecule has 5 rings (SSSR count). The van der Waals surface area contributed by atoms with Gasteiger partial charge in [-0.15, -0.1) is 0 Å². The number of oxazole rings is 1. The standard InChI is InChI=1S/C21H17ClN6O2/c1-11-9-23-16(26-20(29)12-6-7-12)8-14(11)21-27-17(19-24-10-25-28-19)18(30-21)13-4-2-3-5-15(13)22/h2-5,8-10,12H,6-7H2,1H3,(H,23,26,29)(H,24,25,28). The van der Waals surface area contributed by atoms with E-state index in [1.54, 1.807) is 18.3 Å². The largest absolute Gasteiger partial charge is 0.435 e. The van der Waals surface area contributed by atoms with Gasteiger partial charge in [0.05, 0.1) is 5.02 Å². The number of nitrogens with zero attached hydrogens (tertiary/aromatic N) is 4. The van der Waals surface area contributed by atoms with Crippen molar-refractivity contribution in [1.82, 2.24) is 25.1 Å². The second kappa shape index (κ2) is 7.38. The summed E-state index contributed by atoms with van der Waals surface area (Å²) in [6.45, 7) is 1.91. The first kappa shape index (κ1) is 18.5. The van der Waals surface area contributed by atoms with E-state index in [-0.39, 0.29) is 11.8 Å². The molecule has 0 saturated heterocycles. The molecule has 1 aliphatic rings. The lowest BCUT2D eigenvalue weighted by Crippen LogP contribution is -2.14. The van der Waals surface area contributed by atoms with Gasteiger partial charge >= 0.3 is 0 Å². The van der Waals surface area contributed by atoms with Crippen LogP contribution in [-0.4, -0.2) is 31.1 Å². The van der Waals surface area contributed by atoms with Crippen LogP contribution in [0, 0.1) is 12.8 Å². The maximum absolute atomic E-state index is 12.1. The summed E-state index contributed by atoms with van der Waals surface area (Å²) in [4.78, 5) is 25.3. The zero-order valence-corrected chi connectivity index (χ0v) is 16.8. The Labute approximate surface area is 176 Å². The van der Waals surface area contributed by atoms with Crippen LogP contribution in [0.4, 0.5) is 5.82 Å². The van der Waals surface area contributed by atoms with Gasteiger partial charge in [0.1, 0.15) is 12.1 Å². The first-order valence-corrected chi connectivity index (χ1v) is 9.87. The highest BCUT2D eigenvalue weighted by Crippen LogP contribution is 2.38. The average molecular weight is 421 g/mol. The van der Waals surface area contributed by atoms with Crippen molar-refractivity contribution < 1.29 is 9.21 Å². The normalized spacial score (nSPS) is 13.4. The smallest absolute Gasteiger partial charge is 0.228 e. The number of carbonyl (C=O) groups excluding carboxylic acids is 1. The van der Waals surface area contributed by atoms with E-state index in [0.717, 1.165) is 24.0 Å². The van der Waals surface area contributed by atoms with Crippen molar-refractivity contribution in [2.24, 2.45) is 5.92 Å². The maximum Gasteiger partial charge on any atom is 0.228 e. The third kappa shape index (κ3) is 3.46. The van der Waals surface area contributed by atoms with Crippen LogP contribution in [0.2, 0.25) is 5.02 Å². The SMILES string of the molecule is Cc1cnc(NC(=O)C2CC2)cc1-c1nc(-c2ncn[nH]2)c(-c2ccccc2Cl)o1. The number of amides is 1. The Morgan fingerprint density at radius 2 is 2.07 bits per heavy atom. The summed E-state index contributed by atoms with van der Waals surface area (Å²) < 4.78 is 6.17. The third-order valence-electron chi connectivity index (χ3n) is 4.92. The fourth-order valence-electron chi connectivity index (χ4n) is 3.14. The molecular weight excluding hydrogens is 404 g/mol. The first-order chi connectivity index (χ1) is 14.6. The summed E-state index contributed by atoms with van der Waals surface area (Å²) in [5.74, 6) is 1.86. The number of anilines is 1. The molecule has 1 amide bonds. The molecule has 3 heterocycles. The Balaban J connectivity index is 1.61. The number of benzene rings is 1. The van der Waals surface area contributed by atoms with Crippen molar-refractivity contribution in [2.75, 3.05) is 5.32 Å². The van der Waals surface area contributed by atoms with Gasteiger partial charge in [0.15, 0.2) is 17.3 Å². The molecule has 30 heavy (non-hydrogen) atoms. The summed E-state index contributed by atoms with van der Waals surface area (Å²) in [5, 5.41) is 10.1. The Hall–Kier alpha value is -3.52. The maximum atomic E-state index is 12.1. The molecule has 1 fully saturated rings. The van der Waals surface area contributed by atoms with Crippen LogP contribution < -0.4 is 5.32 Å². The number of H-pyrrole nitrogens is 1. The van der Waals surface area contributed by atoms with E-state index in [0.29, 0.717) is 39.6 Å². The van der Waals surface area contributed by atoms with Gasteiger partial charge in [0.2, 0.25) is 11.8 Å². The number of hydrogen-bond donors (Lipinski definition) is 2. The number of aromatic nitrogens is 5. The Morgan fingerprint density at radius 1 is 1.23 bits per heavy atom. The number of pyridine rings is 1. The molecule has 0 unspecified atom stereocenters. The molecule has 9 heteroatoms. The van der Waals surface area contributed by atoms with E-state index in [1.807, 2.05) is 25.1 Å². The van der Waals surface area contributed by atoms with Gasteiger partial charge in [-0.05, 0) is 43.5 Å². The van der Waals surface area contributed by atoms with E-state index in [4.69, 9.17) is 16.0 Å². The molecule has 0 spiro atoms. The van der Waals surface area contributed by atoms with Crippen LogP contribution in [-0.2, 0) is 4.79 Å². The number of carbonyl (C=O) groups is 1. The average Bonchev–Trinajstić information content (AvgIpc) is 3.28. The van der Waals surface area contributed by atoms with E-state index in [2.05, 4.69) is 30.5 Å². The highest BCUT2D eigenvalue weighted by molar-refractivity contribution is 6.33. The van der Waals surface area contributed by atoms with Crippen LogP contribution in [0.3, 0.4) is 0 Å². The summed E-state index contributed by atoms with van der Waals surface area (Å²) in [6, 6.07) is 9.12. The lowest BCUT2D eigenvalue weighted by atomic mass is 10.1. The molecule has 0 radical (unpaired) electrons. The molecule has 3 aromatic heterocycles. The van der Waals surface area contributed by atoms with Gasteiger partial charge in [-0.2, -0.15) is 5.10 Å². The van der Waals surface area contributed by atoms with Crippen molar-refractivity contribution in [1.29, 1.82) is 0 Å². The number of halogens is 1. The number of rotatable bonds is 5. The Bertz CT molecular complexity index is 1230. The van der Waals surface area contributed by atoms with Crippen molar-refractivity contribution in [3.05, 3.63) is 53.4 Å². The van der Waals surface area contributed by atoms with E-state index < -0.39 is 0 Å². The van der Waals surface area contributed by atoms with Crippen LogP contribution in [0.15, 0.2) is 47.3 Å². The lowest BCUT2D eigenvalue weighted by Gasteiger charge is -2.07. The predicted molar refractivity (Wildman–Crippen MR) is 112 cm³/mol. The van der Waals surface area contributed by atoms with Gasteiger partial charge in [-0.1, -0.05) is 23.7 Å². The summed E-state index contributed by atoms with van der Waals surface area (Å²) in [6.07, 6.45) is 4.94. The monoisotopic (exact) mass is 420 g/mol. The summed E-state index contributed by atoms with van der Waals surface area (Å²) in [5.41, 5.74) is 2.76. The molecule has 8 nitrogen and oxygen atoms in total. The summed E-state index contributed by atoms with van der Waals surface area (Å²) in [7, 11) is 0. The van der Waals surface area contributed by atoms with Gasteiger partial charge in [-0.25, -0.2) is 15.0 Å². The molecule has 0 bridgehead atoms. The topological polar surface area (TPSA) is 110 Å². The second-order valence-corrected chi connectivity index (χ2v) is 7.57. The number of aryl methyl sites for hydroxylation is 1. The molecule has 2 N–H and O–H groups in total. The molecule has 1 aromatic carbocycles. The van der Waals surface area contributed by atoms with Crippen LogP contribution in [0.5, 0.6) is 0 Å². The van der Waals surface area contributed by atoms with Crippen molar-refractivity contribution in [3.63, 3.8) is 0 Å². The van der Waals surface area contributed by atoms with Crippen molar-refractivity contribution in [3.8, 4) is 34.3 Å². The zero-order chi connectivity index (χ0) is 20.7. The highest BCUT2D eigenvalue weighted by atomic mass is 35.5. The fraction of sp³-hybridized carbons (Fsp3) is 0.190. The lowest BCUT2D eigenvalue weighted by molar-refractivity contribution is -0.117. The van der Waals surface area contributed by atoms with Crippen molar-refractivity contribution in [2.45, 2.75) is 19.8 Å². The van der Waals surface area contributed by atoms with E-state index in [1.165, 1.54) is 6.33 Å². The van der Waals surface area contributed by atoms with E-state index >= 15 is 0 Å². The number of nitrogens with one attached hydrogen (secondary N) is 2. The summed E-state index contributed by atoms with van der Waals surface area (Å²) >= 11 is 6.41. The minimum atomic E-state index is -0.0104. The fourth-order valence-corrected chi connectivity index (χ4v) is 3.36. The molecular formula is C21H17ClN6O2. The first-order valence-electron chi connectivity index (χ1n) is 9.49. The molecule has 1 saturated carbocycles. The van der Waals surface area contributed by atoms with Crippen LogP contribution in [0.1, 0.15) is 18.4 Å². The zero-order valence-electron chi connectivity index (χ0n) is 16.0. The Kier molecular flexibility index (Phi) is 4.55. The van der Waals surface area contributed by atoms with Crippen molar-refractivity contribution >= 4 is 23.3 Å². The van der Waals surface area contributed by atoms with Gasteiger partial charge in [0, 0.05) is 23.2 Å². The van der Waals surface area contributed by atoms with Gasteiger partial charge in [0.25, 0.3) is 0 Å². The van der Waals surface area contributed by atoms with Crippen LogP contribution in [0.25, 0.3) is 34.3 Å². The minimum Gasteiger partial charge on any atom is -0.435 e. The predicted octanol–water partition coefficient (Wildman–Crippen LogP) is 4.50. The molecule has 0 atom stereocenters. The van der Waals surface area contributed by atoms with Gasteiger partial charge in [-0.3, -0.25) is 9.89 Å².